The van der Waals surface area contributed by atoms with Gasteiger partial charge in [-0.1, -0.05) is 115 Å². The Bertz CT molecular complexity index is 1330. The fourth-order valence-electron chi connectivity index (χ4n) is 4.76. The van der Waals surface area contributed by atoms with Crippen molar-refractivity contribution in [3.05, 3.63) is 112 Å². The van der Waals surface area contributed by atoms with E-state index in [1.807, 2.05) is 0 Å². The number of halogens is 2. The van der Waals surface area contributed by atoms with Crippen LogP contribution in [0.25, 0.3) is 22.3 Å². The Kier molecular flexibility index (Phi) is 13.6. The summed E-state index contributed by atoms with van der Waals surface area (Å²) in [6.07, 6.45) is 1.03. The maximum atomic E-state index is 3.67. The smallest absolute Gasteiger partial charge is 0.0623 e. The monoisotopic (exact) mass is 648 g/mol. The summed E-state index contributed by atoms with van der Waals surface area (Å²) in [5, 5.41) is 0. The molecule has 0 radical (unpaired) electrons. The molecule has 0 saturated carbocycles. The minimum Gasteiger partial charge on any atom is -1.00 e. The van der Waals surface area contributed by atoms with Gasteiger partial charge in [-0.2, -0.15) is 46.5 Å². The van der Waals surface area contributed by atoms with E-state index in [2.05, 4.69) is 148 Å². The molecule has 0 heterocycles. The first-order valence-electron chi connectivity index (χ1n) is 13.7. The van der Waals surface area contributed by atoms with Crippen molar-refractivity contribution >= 4 is 3.21 Å². The molecule has 40 heavy (non-hydrogen) atoms. The van der Waals surface area contributed by atoms with Crippen LogP contribution in [0.5, 0.6) is 0 Å². The molecule has 5 rings (SSSR count). The van der Waals surface area contributed by atoms with Crippen LogP contribution >= 0.6 is 0 Å². The molecule has 0 N–H and O–H groups in total. The van der Waals surface area contributed by atoms with E-state index in [0.29, 0.717) is 0 Å². The maximum Gasteiger partial charge on any atom is -0.0623 e. The third kappa shape index (κ3) is 9.72. The number of fused-ring (bicyclic) bond motifs is 3. The summed E-state index contributed by atoms with van der Waals surface area (Å²) < 4.78 is 1.51. The molecule has 0 aromatic heterocycles. The summed E-state index contributed by atoms with van der Waals surface area (Å²) in [6.45, 7) is 22.1. The van der Waals surface area contributed by atoms with Gasteiger partial charge in [0.15, 0.2) is 0 Å². The summed E-state index contributed by atoms with van der Waals surface area (Å²) in [6, 6.07) is 30.2. The van der Waals surface area contributed by atoms with Crippen molar-refractivity contribution < 1.29 is 49.0 Å². The van der Waals surface area contributed by atoms with Crippen LogP contribution < -0.4 is 24.8 Å². The topological polar surface area (TPSA) is 0 Å². The number of aryl methyl sites for hydroxylation is 2. The van der Waals surface area contributed by atoms with Crippen LogP contribution in [0.1, 0.15) is 88.8 Å². The van der Waals surface area contributed by atoms with E-state index in [4.69, 9.17) is 0 Å². The van der Waals surface area contributed by atoms with E-state index in [1.54, 1.807) is 24.2 Å². The minimum atomic E-state index is 0. The average Bonchev–Trinajstić information content (AvgIpc) is 3.36. The second kappa shape index (κ2) is 15.0. The van der Waals surface area contributed by atoms with Gasteiger partial charge in [0.25, 0.3) is 0 Å². The zero-order valence-electron chi connectivity index (χ0n) is 25.9. The van der Waals surface area contributed by atoms with E-state index in [0.717, 1.165) is 6.42 Å². The van der Waals surface area contributed by atoms with Crippen molar-refractivity contribution in [3.8, 4) is 22.3 Å². The van der Waals surface area contributed by atoms with Crippen LogP contribution in [-0.2, 0) is 41.5 Å². The van der Waals surface area contributed by atoms with Crippen molar-refractivity contribution in [1.29, 1.82) is 0 Å². The molecule has 4 aromatic carbocycles. The predicted octanol–water partition coefficient (Wildman–Crippen LogP) is 4.10. The third-order valence-corrected chi connectivity index (χ3v) is 6.79. The SMILES string of the molecule is CC(C)(C)c1[c-]c2c(cc1)-c1ccc(C(C)(C)C)cc1C2.C[C](C)=[Zr+2].Cc1cc(-c2ccccc2)c(C)[cH-]1.[Cl-].[Cl-]. The number of hydrogen-bond donors (Lipinski definition) is 0. The molecule has 0 nitrogen and oxygen atoms in total. The van der Waals surface area contributed by atoms with E-state index in [1.165, 1.54) is 58.8 Å². The molecule has 0 unspecified atom stereocenters. The Morgan fingerprint density at radius 2 is 1.32 bits per heavy atom. The van der Waals surface area contributed by atoms with Crippen LogP contribution in [-0.4, -0.2) is 3.21 Å². The van der Waals surface area contributed by atoms with Gasteiger partial charge in [0, 0.05) is 0 Å². The molecular weight excluding hydrogens is 607 g/mol. The fraction of sp³-hybridized carbons (Fsp3) is 0.351. The van der Waals surface area contributed by atoms with E-state index in [9.17, 15) is 0 Å². The molecule has 0 amide bonds. The Morgan fingerprint density at radius 3 is 1.82 bits per heavy atom. The van der Waals surface area contributed by atoms with Gasteiger partial charge >= 0.3 is 41.3 Å². The molecule has 4 aromatic rings. The van der Waals surface area contributed by atoms with Crippen LogP contribution in [0.4, 0.5) is 0 Å². The van der Waals surface area contributed by atoms with Crippen LogP contribution in [0.3, 0.4) is 0 Å². The summed E-state index contributed by atoms with van der Waals surface area (Å²) in [5.41, 5.74) is 14.1. The zero-order chi connectivity index (χ0) is 28.3. The van der Waals surface area contributed by atoms with Crippen molar-refractivity contribution in [2.24, 2.45) is 0 Å². The first-order valence-corrected chi connectivity index (χ1v) is 14.9. The molecule has 0 bridgehead atoms. The molecule has 1 aliphatic carbocycles. The van der Waals surface area contributed by atoms with Gasteiger partial charge in [0.1, 0.15) is 0 Å². The molecular formula is C37H44Cl2Zr-2. The van der Waals surface area contributed by atoms with Gasteiger partial charge in [0.05, 0.1) is 0 Å². The second-order valence-electron chi connectivity index (χ2n) is 12.8. The van der Waals surface area contributed by atoms with Gasteiger partial charge in [-0.25, -0.2) is 6.07 Å². The van der Waals surface area contributed by atoms with Crippen LogP contribution in [0.15, 0.2) is 72.8 Å². The summed E-state index contributed by atoms with van der Waals surface area (Å²) in [5.74, 6) is 0. The Morgan fingerprint density at radius 1 is 0.750 bits per heavy atom. The number of benzene rings is 3. The largest absolute Gasteiger partial charge is 1.00 e. The second-order valence-corrected chi connectivity index (χ2v) is 15.3. The van der Waals surface area contributed by atoms with Crippen molar-refractivity contribution in [3.63, 3.8) is 0 Å². The zero-order valence-corrected chi connectivity index (χ0v) is 29.9. The van der Waals surface area contributed by atoms with Gasteiger partial charge in [-0.3, -0.25) is 0 Å². The van der Waals surface area contributed by atoms with Crippen molar-refractivity contribution in [2.75, 3.05) is 0 Å². The molecule has 0 atom stereocenters. The van der Waals surface area contributed by atoms with Gasteiger partial charge < -0.3 is 24.8 Å². The van der Waals surface area contributed by atoms with Crippen molar-refractivity contribution in [2.45, 2.75) is 86.5 Å². The average molecular weight is 651 g/mol. The number of rotatable bonds is 1. The van der Waals surface area contributed by atoms with Gasteiger partial charge in [0.2, 0.25) is 0 Å². The molecule has 3 heteroatoms. The Balaban J connectivity index is 0.000000362. The van der Waals surface area contributed by atoms with Gasteiger partial charge in [-0.15, -0.1) is 11.1 Å². The summed E-state index contributed by atoms with van der Waals surface area (Å²) in [4.78, 5) is 0. The molecule has 212 valence electrons. The van der Waals surface area contributed by atoms with E-state index < -0.39 is 0 Å². The first kappa shape index (κ1) is 36.4. The standard InChI is InChI=1S/C21H25.C13H13.C3H6.2ClH.Zr/c1-20(2,3)16-7-9-18-14(12-16)11-15-13-17(21(4,5)6)8-10-19(15)18;1-10-8-11(2)13(9-10)12-6-4-3-5-7-12;1-3-2;;;/h7-10,12H,11H2,1-6H3;3-9H,1-2H3;1-2H3;2*1H;/q2*-1;;;;+2/p-2. The third-order valence-electron chi connectivity index (χ3n) is 6.79. The summed E-state index contributed by atoms with van der Waals surface area (Å²) >= 11 is 1.55. The molecule has 0 aliphatic heterocycles. The molecule has 0 saturated heterocycles. The summed E-state index contributed by atoms with van der Waals surface area (Å²) in [7, 11) is 0. The van der Waals surface area contributed by atoms with Crippen LogP contribution in [0, 0.1) is 19.9 Å². The minimum absolute atomic E-state index is 0. The normalized spacial score (nSPS) is 11.4. The predicted molar refractivity (Wildman–Crippen MR) is 164 cm³/mol. The van der Waals surface area contributed by atoms with Gasteiger partial charge in [-0.05, 0) is 28.4 Å². The first-order chi connectivity index (χ1) is 17.7. The molecule has 0 spiro atoms. The quantitative estimate of drug-likeness (QED) is 0.240. The maximum absolute atomic E-state index is 3.67. The number of hydrogen-bond acceptors (Lipinski definition) is 0. The van der Waals surface area contributed by atoms with Crippen LogP contribution in [0.2, 0.25) is 0 Å². The van der Waals surface area contributed by atoms with Crippen molar-refractivity contribution in [1.82, 2.24) is 0 Å². The van der Waals surface area contributed by atoms with E-state index in [-0.39, 0.29) is 35.6 Å². The fourth-order valence-corrected chi connectivity index (χ4v) is 4.76. The van der Waals surface area contributed by atoms with E-state index >= 15 is 0 Å². The molecule has 0 fully saturated rings. The Labute approximate surface area is 271 Å². The molecule has 1 aliphatic rings. The Hall–Kier alpha value is -1.66.